The Hall–Kier alpha value is -2.21. The molecule has 0 saturated carbocycles. The molecule has 1 aliphatic rings. The van der Waals surface area contributed by atoms with Gasteiger partial charge in [-0.1, -0.05) is 6.07 Å². The number of amides is 1. The zero-order valence-electron chi connectivity index (χ0n) is 11.2. The summed E-state index contributed by atoms with van der Waals surface area (Å²) in [4.78, 5) is 30.2. The van der Waals surface area contributed by atoms with Gasteiger partial charge in [0.1, 0.15) is 5.69 Å². The smallest absolute Gasteiger partial charge is 0.354 e. The van der Waals surface area contributed by atoms with Crippen molar-refractivity contribution in [1.82, 2.24) is 9.88 Å². The van der Waals surface area contributed by atoms with Gasteiger partial charge in [0.25, 0.3) is 5.91 Å². The molecular weight excluding hydrogens is 288 g/mol. The van der Waals surface area contributed by atoms with E-state index < -0.39 is 5.97 Å². The van der Waals surface area contributed by atoms with Crippen molar-refractivity contribution < 1.29 is 14.7 Å². The summed E-state index contributed by atoms with van der Waals surface area (Å²) in [5.41, 5.74) is 0.381. The SMILES string of the molecule is O=C(O)c1ccc(C(=O)N2CCCC2c2cccs2)cn1. The normalized spacial score (nSPS) is 17.9. The number of thiophene rings is 1. The van der Waals surface area contributed by atoms with Crippen molar-refractivity contribution in [2.24, 2.45) is 0 Å². The van der Waals surface area contributed by atoms with Crippen LogP contribution in [0.3, 0.4) is 0 Å². The van der Waals surface area contributed by atoms with E-state index in [9.17, 15) is 9.59 Å². The summed E-state index contributed by atoms with van der Waals surface area (Å²) in [7, 11) is 0. The van der Waals surface area contributed by atoms with E-state index in [1.807, 2.05) is 22.4 Å². The van der Waals surface area contributed by atoms with Crippen LogP contribution in [0.5, 0.6) is 0 Å². The van der Waals surface area contributed by atoms with Crippen LogP contribution in [0, 0.1) is 0 Å². The topological polar surface area (TPSA) is 70.5 Å². The van der Waals surface area contributed by atoms with Crippen LogP contribution in [-0.2, 0) is 0 Å². The molecule has 0 aliphatic carbocycles. The second-order valence-corrected chi connectivity index (χ2v) is 5.89. The van der Waals surface area contributed by atoms with Crippen molar-refractivity contribution in [3.63, 3.8) is 0 Å². The summed E-state index contributed by atoms with van der Waals surface area (Å²) in [6.45, 7) is 0.724. The molecule has 2 aromatic heterocycles. The Kier molecular flexibility index (Phi) is 3.70. The van der Waals surface area contributed by atoms with E-state index in [-0.39, 0.29) is 17.6 Å². The zero-order chi connectivity index (χ0) is 14.8. The van der Waals surface area contributed by atoms with E-state index in [0.29, 0.717) is 5.56 Å². The fourth-order valence-electron chi connectivity index (χ4n) is 2.60. The van der Waals surface area contributed by atoms with Crippen LogP contribution in [0.15, 0.2) is 35.8 Å². The van der Waals surface area contributed by atoms with Crippen molar-refractivity contribution in [2.45, 2.75) is 18.9 Å². The number of hydrogen-bond donors (Lipinski definition) is 1. The number of carboxylic acids is 1. The molecule has 6 heteroatoms. The maximum Gasteiger partial charge on any atom is 0.354 e. The van der Waals surface area contributed by atoms with Crippen molar-refractivity contribution in [3.05, 3.63) is 52.0 Å². The lowest BCUT2D eigenvalue weighted by molar-refractivity contribution is 0.0686. The molecule has 1 fully saturated rings. The Bertz CT molecular complexity index is 652. The first-order chi connectivity index (χ1) is 10.2. The number of carboxylic acid groups (broad SMARTS) is 1. The Labute approximate surface area is 125 Å². The van der Waals surface area contributed by atoms with Crippen LogP contribution >= 0.6 is 11.3 Å². The second-order valence-electron chi connectivity index (χ2n) is 4.91. The Balaban J connectivity index is 1.82. The molecule has 0 radical (unpaired) electrons. The summed E-state index contributed by atoms with van der Waals surface area (Å²) in [5.74, 6) is -1.18. The molecule has 1 N–H and O–H groups in total. The number of hydrogen-bond acceptors (Lipinski definition) is 4. The van der Waals surface area contributed by atoms with Crippen molar-refractivity contribution in [1.29, 1.82) is 0 Å². The fraction of sp³-hybridized carbons (Fsp3) is 0.267. The Morgan fingerprint density at radius 1 is 1.33 bits per heavy atom. The minimum absolute atomic E-state index is 0.0530. The molecule has 0 bridgehead atoms. The molecule has 0 spiro atoms. The molecule has 2 aromatic rings. The van der Waals surface area contributed by atoms with Gasteiger partial charge < -0.3 is 10.0 Å². The van der Waals surface area contributed by atoms with Crippen LogP contribution in [0.25, 0.3) is 0 Å². The average Bonchev–Trinajstić information content (AvgIpc) is 3.17. The first-order valence-electron chi connectivity index (χ1n) is 6.70. The first-order valence-corrected chi connectivity index (χ1v) is 7.58. The molecule has 1 aliphatic heterocycles. The molecule has 1 atom stereocenters. The van der Waals surface area contributed by atoms with Gasteiger partial charge in [-0.3, -0.25) is 4.79 Å². The highest BCUT2D eigenvalue weighted by Crippen LogP contribution is 2.35. The third-order valence-electron chi connectivity index (χ3n) is 3.61. The lowest BCUT2D eigenvalue weighted by atomic mass is 10.1. The highest BCUT2D eigenvalue weighted by atomic mass is 32.1. The average molecular weight is 302 g/mol. The zero-order valence-corrected chi connectivity index (χ0v) is 12.0. The standard InChI is InChI=1S/C15H14N2O3S/c18-14(10-5-6-11(15(19)20)16-9-10)17-7-1-3-12(17)13-4-2-8-21-13/h2,4-6,8-9,12H,1,3,7H2,(H,19,20). The molecule has 3 rings (SSSR count). The minimum Gasteiger partial charge on any atom is -0.477 e. The van der Waals surface area contributed by atoms with Gasteiger partial charge in [0.05, 0.1) is 11.6 Å². The van der Waals surface area contributed by atoms with E-state index in [0.717, 1.165) is 19.4 Å². The number of carbonyl (C=O) groups excluding carboxylic acids is 1. The third kappa shape index (κ3) is 2.67. The van der Waals surface area contributed by atoms with Gasteiger partial charge in [-0.2, -0.15) is 0 Å². The van der Waals surface area contributed by atoms with Crippen LogP contribution in [0.1, 0.15) is 44.6 Å². The maximum atomic E-state index is 12.6. The quantitative estimate of drug-likeness (QED) is 0.946. The van der Waals surface area contributed by atoms with Gasteiger partial charge in [0.15, 0.2) is 0 Å². The monoisotopic (exact) mass is 302 g/mol. The number of carbonyl (C=O) groups is 2. The fourth-order valence-corrected chi connectivity index (χ4v) is 3.47. The lowest BCUT2D eigenvalue weighted by Gasteiger charge is -2.23. The second kappa shape index (κ2) is 5.65. The lowest BCUT2D eigenvalue weighted by Crippen LogP contribution is -2.30. The van der Waals surface area contributed by atoms with Crippen molar-refractivity contribution in [2.75, 3.05) is 6.54 Å². The highest BCUT2D eigenvalue weighted by Gasteiger charge is 2.31. The van der Waals surface area contributed by atoms with Crippen LogP contribution in [0.4, 0.5) is 0 Å². The largest absolute Gasteiger partial charge is 0.477 e. The van der Waals surface area contributed by atoms with Gasteiger partial charge >= 0.3 is 5.97 Å². The number of pyridine rings is 1. The number of aromatic nitrogens is 1. The predicted molar refractivity (Wildman–Crippen MR) is 78.5 cm³/mol. The van der Waals surface area contributed by atoms with Crippen molar-refractivity contribution >= 4 is 23.2 Å². The molecular formula is C15H14N2O3S. The molecule has 1 amide bonds. The number of rotatable bonds is 3. The molecule has 3 heterocycles. The molecule has 5 nitrogen and oxygen atoms in total. The van der Waals surface area contributed by atoms with Crippen molar-refractivity contribution in [3.8, 4) is 0 Å². The first kappa shape index (κ1) is 13.8. The van der Waals surface area contributed by atoms with E-state index in [1.54, 1.807) is 11.3 Å². The predicted octanol–water partition coefficient (Wildman–Crippen LogP) is 2.82. The van der Waals surface area contributed by atoms with E-state index in [2.05, 4.69) is 4.98 Å². The molecule has 21 heavy (non-hydrogen) atoms. The van der Waals surface area contributed by atoms with Gasteiger partial charge in [-0.25, -0.2) is 9.78 Å². The van der Waals surface area contributed by atoms with Gasteiger partial charge in [0.2, 0.25) is 0 Å². The number of likely N-dealkylation sites (tertiary alicyclic amines) is 1. The van der Waals surface area contributed by atoms with Crippen LogP contribution in [0.2, 0.25) is 0 Å². The summed E-state index contributed by atoms with van der Waals surface area (Å²) in [6, 6.07) is 7.06. The summed E-state index contributed by atoms with van der Waals surface area (Å²) < 4.78 is 0. The van der Waals surface area contributed by atoms with Crippen LogP contribution in [-0.4, -0.2) is 33.4 Å². The van der Waals surface area contributed by atoms with E-state index in [4.69, 9.17) is 5.11 Å². The molecule has 108 valence electrons. The Morgan fingerprint density at radius 2 is 2.19 bits per heavy atom. The van der Waals surface area contributed by atoms with E-state index >= 15 is 0 Å². The van der Waals surface area contributed by atoms with Gasteiger partial charge in [-0.15, -0.1) is 11.3 Å². The molecule has 1 saturated heterocycles. The summed E-state index contributed by atoms with van der Waals surface area (Å²) >= 11 is 1.66. The van der Waals surface area contributed by atoms with Crippen LogP contribution < -0.4 is 0 Å². The van der Waals surface area contributed by atoms with E-state index in [1.165, 1.54) is 23.2 Å². The summed E-state index contributed by atoms with van der Waals surface area (Å²) in [6.07, 6.45) is 3.29. The third-order valence-corrected chi connectivity index (χ3v) is 4.59. The number of nitrogens with zero attached hydrogens (tertiary/aromatic N) is 2. The minimum atomic E-state index is -1.09. The molecule has 1 unspecified atom stereocenters. The Morgan fingerprint density at radius 3 is 2.81 bits per heavy atom. The highest BCUT2D eigenvalue weighted by molar-refractivity contribution is 7.10. The summed E-state index contributed by atoms with van der Waals surface area (Å²) in [5, 5.41) is 10.8. The number of aromatic carboxylic acids is 1. The van der Waals surface area contributed by atoms with Gasteiger partial charge in [-0.05, 0) is 36.4 Å². The van der Waals surface area contributed by atoms with Gasteiger partial charge in [0, 0.05) is 17.6 Å². The molecule has 0 aromatic carbocycles. The maximum absolute atomic E-state index is 12.6.